The van der Waals surface area contributed by atoms with Crippen molar-refractivity contribution in [3.63, 3.8) is 0 Å². The molecule has 0 radical (unpaired) electrons. The maximum atomic E-state index is 12.4. The summed E-state index contributed by atoms with van der Waals surface area (Å²) in [5.74, 6) is -0.00792. The number of benzene rings is 1. The Labute approximate surface area is 197 Å². The summed E-state index contributed by atoms with van der Waals surface area (Å²) in [6.45, 7) is 0.636. The van der Waals surface area contributed by atoms with E-state index < -0.39 is 0 Å². The van der Waals surface area contributed by atoms with Gasteiger partial charge in [0, 0.05) is 35.4 Å². The molecule has 1 N–H and O–H groups in total. The largest absolute Gasteiger partial charge is 1.00 e. The minimum atomic E-state index is -0.00792. The van der Waals surface area contributed by atoms with Crippen molar-refractivity contribution in [2.75, 3.05) is 0 Å². The molecule has 0 aliphatic rings. The fourth-order valence-electron chi connectivity index (χ4n) is 2.48. The van der Waals surface area contributed by atoms with Crippen molar-refractivity contribution in [2.45, 2.75) is 13.5 Å². The van der Waals surface area contributed by atoms with Crippen LogP contribution in [0.25, 0.3) is 0 Å². The van der Waals surface area contributed by atoms with Gasteiger partial charge in [-0.15, -0.1) is 0 Å². The molecule has 2 heterocycles. The van der Waals surface area contributed by atoms with E-state index in [4.69, 9.17) is 9.94 Å². The molecule has 0 fully saturated rings. The van der Waals surface area contributed by atoms with Crippen LogP contribution in [0.4, 0.5) is 0 Å². The van der Waals surface area contributed by atoms with Crippen LogP contribution in [-0.2, 0) is 18.2 Å². The molecular formula is C20H19I2N3O3. The summed E-state index contributed by atoms with van der Waals surface area (Å²) < 4.78 is 9.33. The molecule has 8 heteroatoms. The van der Waals surface area contributed by atoms with Gasteiger partial charge in [0.2, 0.25) is 5.69 Å². The second-order valence-electron chi connectivity index (χ2n) is 5.60. The van der Waals surface area contributed by atoms with Crippen molar-refractivity contribution >= 4 is 12.0 Å². The molecule has 28 heavy (non-hydrogen) atoms. The number of carbonyl (C=O) groups excluding carboxylic acids is 1. The fourth-order valence-corrected chi connectivity index (χ4v) is 2.48. The summed E-state index contributed by atoms with van der Waals surface area (Å²) in [7, 11) is 0. The lowest BCUT2D eigenvalue weighted by molar-refractivity contribution is -0.788. The second-order valence-corrected chi connectivity index (χ2v) is 5.60. The predicted molar refractivity (Wildman–Crippen MR) is 93.6 cm³/mol. The Morgan fingerprint density at radius 2 is 1.54 bits per heavy atom. The molecule has 0 atom stereocenters. The van der Waals surface area contributed by atoms with Gasteiger partial charge in [0.1, 0.15) is 6.21 Å². The van der Waals surface area contributed by atoms with Crippen LogP contribution in [0.15, 0.2) is 84.4 Å². The Morgan fingerprint density at radius 1 is 0.893 bits per heavy atom. The lowest BCUT2D eigenvalue weighted by Gasteiger charge is -2.02. The van der Waals surface area contributed by atoms with Gasteiger partial charge in [-0.25, -0.2) is 0 Å². The molecule has 0 saturated heterocycles. The average molecular weight is 603 g/mol. The Balaban J connectivity index is 0.00000196. The first kappa shape index (κ1) is 24.1. The van der Waals surface area contributed by atoms with Crippen molar-refractivity contribution in [1.29, 1.82) is 0 Å². The van der Waals surface area contributed by atoms with Gasteiger partial charge < -0.3 is 53.2 Å². The van der Waals surface area contributed by atoms with Gasteiger partial charge in [-0.3, -0.25) is 9.53 Å². The van der Waals surface area contributed by atoms with Crippen LogP contribution in [0.2, 0.25) is 0 Å². The van der Waals surface area contributed by atoms with Crippen molar-refractivity contribution in [3.8, 4) is 0 Å². The third-order valence-corrected chi connectivity index (χ3v) is 3.83. The molecule has 0 unspecified atom stereocenters. The molecule has 0 spiro atoms. The van der Waals surface area contributed by atoms with E-state index in [9.17, 15) is 4.79 Å². The first-order valence-electron chi connectivity index (χ1n) is 8.10. The molecule has 1 aromatic carbocycles. The van der Waals surface area contributed by atoms with Crippen LogP contribution >= 0.6 is 0 Å². The highest BCUT2D eigenvalue weighted by Crippen LogP contribution is 2.07. The Hall–Kier alpha value is -1.92. The smallest absolute Gasteiger partial charge is 0.258 e. The molecule has 0 amide bonds. The van der Waals surface area contributed by atoms with E-state index in [0.717, 1.165) is 5.69 Å². The van der Waals surface area contributed by atoms with Crippen LogP contribution < -0.4 is 57.1 Å². The van der Waals surface area contributed by atoms with E-state index in [1.807, 2.05) is 64.1 Å². The van der Waals surface area contributed by atoms with Gasteiger partial charge in [0.15, 0.2) is 24.4 Å². The van der Waals surface area contributed by atoms with E-state index >= 15 is 0 Å². The third-order valence-electron chi connectivity index (χ3n) is 3.83. The van der Waals surface area contributed by atoms with E-state index in [-0.39, 0.29) is 53.7 Å². The lowest BCUT2D eigenvalue weighted by atomic mass is 10.1. The highest BCUT2D eigenvalue weighted by molar-refractivity contribution is 6.08. The van der Waals surface area contributed by atoms with Crippen LogP contribution in [0.5, 0.6) is 0 Å². The maximum Gasteiger partial charge on any atom is 0.258 e. The summed E-state index contributed by atoms with van der Waals surface area (Å²) in [5, 5.41) is 11.7. The van der Waals surface area contributed by atoms with Crippen molar-refractivity contribution in [3.05, 3.63) is 96.1 Å². The van der Waals surface area contributed by atoms with E-state index in [1.54, 1.807) is 24.3 Å². The number of ketones is 1. The molecule has 6 nitrogen and oxygen atoms in total. The van der Waals surface area contributed by atoms with Gasteiger partial charge in [-0.05, 0) is 6.07 Å². The topological polar surface area (TPSA) is 66.7 Å². The summed E-state index contributed by atoms with van der Waals surface area (Å²) in [6, 6.07) is 18.3. The van der Waals surface area contributed by atoms with E-state index in [0.29, 0.717) is 24.6 Å². The number of aromatic nitrogens is 2. The van der Waals surface area contributed by atoms with Crippen LogP contribution in [0.1, 0.15) is 21.6 Å². The average Bonchev–Trinajstić information content (AvgIpc) is 2.70. The van der Waals surface area contributed by atoms with Crippen LogP contribution in [0, 0.1) is 0 Å². The molecule has 3 aromatic rings. The van der Waals surface area contributed by atoms with Gasteiger partial charge in [-0.2, -0.15) is 9.13 Å². The quantitative estimate of drug-likeness (QED) is 0.0748. The number of halogens is 2. The summed E-state index contributed by atoms with van der Waals surface area (Å²) in [6.07, 6.45) is 6.80. The first-order valence-corrected chi connectivity index (χ1v) is 8.10. The molecule has 0 aliphatic carbocycles. The number of hydrogen-bond acceptors (Lipinski definition) is 4. The molecule has 2 aromatic heterocycles. The Bertz CT molecular complexity index is 904. The molecule has 0 aliphatic heterocycles. The standard InChI is InChI=1S/C20H18N3O3.2HI/c24-20(17-6-2-1-3-7-17)18-9-12-22(13-10-18)15-26-16-23-11-5-4-8-19(23)14-21-25;;/h1-14H,15-16H2;2*1H/q+1;;/p-1. The third kappa shape index (κ3) is 6.60. The Kier molecular flexibility index (Phi) is 10.8. The number of ether oxygens (including phenoxy) is 1. The SMILES string of the molecule is O=C(c1ccccc1)c1cc[n+](COC[n+]2ccccc2C=NO)cc1.[I-].[I-]. The zero-order valence-corrected chi connectivity index (χ0v) is 19.2. The number of rotatable bonds is 7. The number of oxime groups is 1. The molecule has 3 rings (SSSR count). The summed E-state index contributed by atoms with van der Waals surface area (Å²) in [5.41, 5.74) is 2.02. The van der Waals surface area contributed by atoms with Crippen molar-refractivity contribution in [1.82, 2.24) is 0 Å². The summed E-state index contributed by atoms with van der Waals surface area (Å²) >= 11 is 0. The minimum Gasteiger partial charge on any atom is -1.00 e. The highest BCUT2D eigenvalue weighted by Gasteiger charge is 2.12. The van der Waals surface area contributed by atoms with E-state index in [2.05, 4.69) is 5.16 Å². The zero-order chi connectivity index (χ0) is 18.2. The van der Waals surface area contributed by atoms with Crippen molar-refractivity contribution in [2.24, 2.45) is 5.16 Å². The maximum absolute atomic E-state index is 12.4. The fraction of sp³-hybridized carbons (Fsp3) is 0.100. The minimum absolute atomic E-state index is 0. The molecular weight excluding hydrogens is 584 g/mol. The van der Waals surface area contributed by atoms with Crippen molar-refractivity contribution < 1.29 is 71.8 Å². The number of nitrogens with zero attached hydrogens (tertiary/aromatic N) is 3. The Morgan fingerprint density at radius 3 is 2.21 bits per heavy atom. The van der Waals surface area contributed by atoms with Crippen LogP contribution in [0.3, 0.4) is 0 Å². The van der Waals surface area contributed by atoms with Gasteiger partial charge in [0.05, 0.1) is 0 Å². The molecule has 0 saturated carbocycles. The highest BCUT2D eigenvalue weighted by atomic mass is 127. The molecule has 0 bridgehead atoms. The van der Waals surface area contributed by atoms with Gasteiger partial charge in [-0.1, -0.05) is 35.5 Å². The monoisotopic (exact) mass is 603 g/mol. The normalized spacial score (nSPS) is 10.1. The zero-order valence-electron chi connectivity index (χ0n) is 14.9. The van der Waals surface area contributed by atoms with Gasteiger partial charge >= 0.3 is 0 Å². The second kappa shape index (κ2) is 12.5. The summed E-state index contributed by atoms with van der Waals surface area (Å²) in [4.78, 5) is 12.4. The van der Waals surface area contributed by atoms with Gasteiger partial charge in [0.25, 0.3) is 13.5 Å². The molecule has 146 valence electrons. The van der Waals surface area contributed by atoms with Crippen LogP contribution in [-0.4, -0.2) is 17.2 Å². The first-order chi connectivity index (χ1) is 12.8. The lowest BCUT2D eigenvalue weighted by Crippen LogP contribution is -3.00. The predicted octanol–water partition coefficient (Wildman–Crippen LogP) is -4.06. The number of carbonyl (C=O) groups is 1. The number of pyridine rings is 2. The van der Waals surface area contributed by atoms with E-state index in [1.165, 1.54) is 6.21 Å². The number of hydrogen-bond donors (Lipinski definition) is 1.